The summed E-state index contributed by atoms with van der Waals surface area (Å²) in [5.74, 6) is 0.626. The molecule has 1 rings (SSSR count). The zero-order valence-corrected chi connectivity index (χ0v) is 14.4. The van der Waals surface area contributed by atoms with Crippen molar-refractivity contribution in [2.45, 2.75) is 53.5 Å². The van der Waals surface area contributed by atoms with E-state index in [1.807, 2.05) is 13.8 Å². The molecule has 0 radical (unpaired) electrons. The zero-order chi connectivity index (χ0) is 16.2. The van der Waals surface area contributed by atoms with Crippen molar-refractivity contribution in [2.75, 3.05) is 20.6 Å². The second-order valence-electron chi connectivity index (χ2n) is 6.37. The smallest absolute Gasteiger partial charge is 0.273 e. The van der Waals surface area contributed by atoms with Crippen molar-refractivity contribution in [2.24, 2.45) is 5.41 Å². The molecule has 0 spiro atoms. The highest BCUT2D eigenvalue weighted by atomic mass is 16.5. The summed E-state index contributed by atoms with van der Waals surface area (Å²) in [6.07, 6.45) is 1.74. The summed E-state index contributed by atoms with van der Waals surface area (Å²) in [5.41, 5.74) is 1.26. The van der Waals surface area contributed by atoms with Crippen LogP contribution in [0.2, 0.25) is 0 Å². The van der Waals surface area contributed by atoms with Gasteiger partial charge in [-0.05, 0) is 39.8 Å². The van der Waals surface area contributed by atoms with E-state index >= 15 is 0 Å². The molecule has 2 unspecified atom stereocenters. The Balaban J connectivity index is 2.83. The predicted octanol–water partition coefficient (Wildman–Crippen LogP) is 2.64. The first-order valence-electron chi connectivity index (χ1n) is 7.65. The number of carbonyl (C=O) groups is 1. The third-order valence-corrected chi connectivity index (χ3v) is 4.43. The Labute approximate surface area is 128 Å². The van der Waals surface area contributed by atoms with E-state index in [0.717, 1.165) is 30.7 Å². The van der Waals surface area contributed by atoms with E-state index in [4.69, 9.17) is 4.52 Å². The van der Waals surface area contributed by atoms with Crippen molar-refractivity contribution >= 4 is 5.91 Å². The standard InChI is InChI=1S/C16H29N3O2/c1-8-13-11(3)14(18-21-13)15(20)17-12(4)16(5,9-2)10-19(6)7/h12H,8-10H2,1-7H3,(H,17,20). The van der Waals surface area contributed by atoms with Gasteiger partial charge < -0.3 is 14.7 Å². The number of hydrogen-bond donors (Lipinski definition) is 1. The van der Waals surface area contributed by atoms with Crippen molar-refractivity contribution in [1.29, 1.82) is 0 Å². The molecule has 0 aromatic carbocycles. The quantitative estimate of drug-likeness (QED) is 0.840. The average molecular weight is 295 g/mol. The third-order valence-electron chi connectivity index (χ3n) is 4.43. The van der Waals surface area contributed by atoms with Gasteiger partial charge in [-0.2, -0.15) is 0 Å². The lowest BCUT2D eigenvalue weighted by Gasteiger charge is -2.37. The van der Waals surface area contributed by atoms with Crippen molar-refractivity contribution in [3.05, 3.63) is 17.0 Å². The van der Waals surface area contributed by atoms with Gasteiger partial charge in [0.1, 0.15) is 5.76 Å². The second-order valence-corrected chi connectivity index (χ2v) is 6.37. The largest absolute Gasteiger partial charge is 0.360 e. The minimum absolute atomic E-state index is 0.0182. The molecule has 5 heteroatoms. The normalized spacial score (nSPS) is 15.8. The van der Waals surface area contributed by atoms with Crippen LogP contribution in [-0.4, -0.2) is 42.6 Å². The first-order chi connectivity index (χ1) is 9.75. The number of nitrogens with one attached hydrogen (secondary N) is 1. The fourth-order valence-electron chi connectivity index (χ4n) is 2.63. The van der Waals surface area contributed by atoms with Crippen LogP contribution in [0.5, 0.6) is 0 Å². The van der Waals surface area contributed by atoms with Crippen LogP contribution < -0.4 is 5.32 Å². The molecule has 0 saturated carbocycles. The summed E-state index contributed by atoms with van der Waals surface area (Å²) < 4.78 is 5.20. The van der Waals surface area contributed by atoms with E-state index in [0.29, 0.717) is 5.69 Å². The molecule has 1 amide bonds. The maximum Gasteiger partial charge on any atom is 0.273 e. The minimum atomic E-state index is -0.151. The lowest BCUT2D eigenvalue weighted by Crippen LogP contribution is -2.48. The molecule has 1 aromatic heterocycles. The second kappa shape index (κ2) is 7.07. The average Bonchev–Trinajstić information content (AvgIpc) is 2.78. The maximum atomic E-state index is 12.4. The van der Waals surface area contributed by atoms with Crippen LogP contribution >= 0.6 is 0 Å². The summed E-state index contributed by atoms with van der Waals surface area (Å²) in [5, 5.41) is 6.99. The first kappa shape index (κ1) is 17.7. The maximum absolute atomic E-state index is 12.4. The molecule has 5 nitrogen and oxygen atoms in total. The van der Waals surface area contributed by atoms with Gasteiger partial charge in [-0.15, -0.1) is 0 Å². The fourth-order valence-corrected chi connectivity index (χ4v) is 2.63. The highest BCUT2D eigenvalue weighted by Crippen LogP contribution is 2.27. The molecule has 2 atom stereocenters. The van der Waals surface area contributed by atoms with Crippen LogP contribution in [0.15, 0.2) is 4.52 Å². The third kappa shape index (κ3) is 4.06. The number of rotatable bonds is 7. The van der Waals surface area contributed by atoms with Crippen LogP contribution in [0.3, 0.4) is 0 Å². The first-order valence-corrected chi connectivity index (χ1v) is 7.65. The van der Waals surface area contributed by atoms with E-state index in [-0.39, 0.29) is 17.4 Å². The molecular formula is C16H29N3O2. The van der Waals surface area contributed by atoms with Gasteiger partial charge in [-0.25, -0.2) is 0 Å². The Hall–Kier alpha value is -1.36. The Morgan fingerprint density at radius 3 is 2.48 bits per heavy atom. The molecule has 1 aromatic rings. The van der Waals surface area contributed by atoms with E-state index in [2.05, 4.69) is 50.2 Å². The molecule has 1 N–H and O–H groups in total. The van der Waals surface area contributed by atoms with Crippen LogP contribution in [0.25, 0.3) is 0 Å². The highest BCUT2D eigenvalue weighted by molar-refractivity contribution is 5.93. The van der Waals surface area contributed by atoms with E-state index in [9.17, 15) is 4.79 Å². The summed E-state index contributed by atoms with van der Waals surface area (Å²) in [7, 11) is 4.11. The lowest BCUT2D eigenvalue weighted by atomic mass is 9.80. The number of amides is 1. The Bertz CT molecular complexity index is 482. The molecule has 0 saturated heterocycles. The van der Waals surface area contributed by atoms with Crippen LogP contribution in [0.1, 0.15) is 55.9 Å². The summed E-state index contributed by atoms with van der Waals surface area (Å²) in [4.78, 5) is 14.6. The molecule has 0 fully saturated rings. The van der Waals surface area contributed by atoms with Gasteiger partial charge in [0.25, 0.3) is 5.91 Å². The van der Waals surface area contributed by atoms with Crippen molar-refractivity contribution in [3.8, 4) is 0 Å². The summed E-state index contributed by atoms with van der Waals surface area (Å²) in [6, 6.07) is 0.0542. The van der Waals surface area contributed by atoms with Crippen LogP contribution in [0, 0.1) is 12.3 Å². The molecular weight excluding hydrogens is 266 g/mol. The molecule has 0 bridgehead atoms. The van der Waals surface area contributed by atoms with Gasteiger partial charge in [0, 0.05) is 24.6 Å². The minimum Gasteiger partial charge on any atom is -0.360 e. The molecule has 0 aliphatic heterocycles. The van der Waals surface area contributed by atoms with Gasteiger partial charge in [0.2, 0.25) is 0 Å². The summed E-state index contributed by atoms with van der Waals surface area (Å²) in [6.45, 7) is 11.2. The molecule has 0 aliphatic rings. The molecule has 0 aliphatic carbocycles. The lowest BCUT2D eigenvalue weighted by molar-refractivity contribution is 0.0855. The molecule has 21 heavy (non-hydrogen) atoms. The van der Waals surface area contributed by atoms with E-state index in [1.54, 1.807) is 0 Å². The highest BCUT2D eigenvalue weighted by Gasteiger charge is 2.32. The van der Waals surface area contributed by atoms with Gasteiger partial charge in [0.05, 0.1) is 0 Å². The number of aromatic nitrogens is 1. The SMILES string of the molecule is CCc1onc(C(=O)NC(C)C(C)(CC)CN(C)C)c1C. The van der Waals surface area contributed by atoms with Gasteiger partial charge >= 0.3 is 0 Å². The number of carbonyl (C=O) groups excluding carboxylic acids is 1. The Kier molecular flexibility index (Phi) is 5.96. The summed E-state index contributed by atoms with van der Waals surface area (Å²) >= 11 is 0. The monoisotopic (exact) mass is 295 g/mol. The van der Waals surface area contributed by atoms with E-state index in [1.165, 1.54) is 0 Å². The molecule has 120 valence electrons. The molecule has 1 heterocycles. The van der Waals surface area contributed by atoms with Crippen LogP contribution in [0.4, 0.5) is 0 Å². The van der Waals surface area contributed by atoms with Crippen molar-refractivity contribution in [1.82, 2.24) is 15.4 Å². The van der Waals surface area contributed by atoms with Crippen molar-refractivity contribution < 1.29 is 9.32 Å². The van der Waals surface area contributed by atoms with Gasteiger partial charge in [-0.3, -0.25) is 4.79 Å². The fraction of sp³-hybridized carbons (Fsp3) is 0.750. The zero-order valence-electron chi connectivity index (χ0n) is 14.4. The van der Waals surface area contributed by atoms with E-state index < -0.39 is 0 Å². The van der Waals surface area contributed by atoms with Crippen molar-refractivity contribution in [3.63, 3.8) is 0 Å². The number of nitrogens with zero attached hydrogens (tertiary/aromatic N) is 2. The number of hydrogen-bond acceptors (Lipinski definition) is 4. The topological polar surface area (TPSA) is 58.4 Å². The predicted molar refractivity (Wildman–Crippen MR) is 84.5 cm³/mol. The van der Waals surface area contributed by atoms with Gasteiger partial charge in [-0.1, -0.05) is 25.9 Å². The Morgan fingerprint density at radius 2 is 2.05 bits per heavy atom. The number of aryl methyl sites for hydroxylation is 1. The van der Waals surface area contributed by atoms with Gasteiger partial charge in [0.15, 0.2) is 5.69 Å². The van der Waals surface area contributed by atoms with Crippen LogP contribution in [-0.2, 0) is 6.42 Å². The Morgan fingerprint density at radius 1 is 1.43 bits per heavy atom.